The summed E-state index contributed by atoms with van der Waals surface area (Å²) in [4.78, 5) is 54.6. The van der Waals surface area contributed by atoms with Gasteiger partial charge in [0, 0.05) is 0 Å². The van der Waals surface area contributed by atoms with Crippen LogP contribution < -0.4 is 0 Å². The van der Waals surface area contributed by atoms with Gasteiger partial charge in [-0.25, -0.2) is 4.79 Å². The van der Waals surface area contributed by atoms with Gasteiger partial charge in [-0.1, -0.05) is 31.6 Å². The van der Waals surface area contributed by atoms with Crippen molar-refractivity contribution >= 4 is 23.5 Å². The zero-order valence-corrected chi connectivity index (χ0v) is 21.7. The van der Waals surface area contributed by atoms with E-state index in [-0.39, 0.29) is 25.0 Å². The molecule has 7 rings (SSSR count). The van der Waals surface area contributed by atoms with Crippen LogP contribution >= 0.6 is 0 Å². The molecule has 0 amide bonds. The molecule has 0 aromatic rings. The number of carbonyl (C=O) groups excluding carboxylic acids is 4. The van der Waals surface area contributed by atoms with E-state index in [9.17, 15) is 34.5 Å². The van der Waals surface area contributed by atoms with Gasteiger partial charge >= 0.3 is 11.9 Å². The predicted molar refractivity (Wildman–Crippen MR) is 126 cm³/mol. The Morgan fingerprint density at radius 1 is 1.08 bits per heavy atom. The van der Waals surface area contributed by atoms with Gasteiger partial charge in [0.1, 0.15) is 6.10 Å². The maximum atomic E-state index is 14.6. The van der Waals surface area contributed by atoms with Crippen LogP contribution in [0.25, 0.3) is 0 Å². The van der Waals surface area contributed by atoms with Crippen molar-refractivity contribution in [3.8, 4) is 0 Å². The van der Waals surface area contributed by atoms with Crippen LogP contribution in [-0.4, -0.2) is 73.6 Å². The Hall–Kier alpha value is -2.40. The Kier molecular flexibility index (Phi) is 4.31. The van der Waals surface area contributed by atoms with Gasteiger partial charge in [-0.15, -0.1) is 0 Å². The lowest BCUT2D eigenvalue weighted by molar-refractivity contribution is -0.350. The summed E-state index contributed by atoms with van der Waals surface area (Å²) < 4.78 is 18.0. The maximum Gasteiger partial charge on any atom is 0.342 e. The Bertz CT molecular complexity index is 1300. The van der Waals surface area contributed by atoms with E-state index in [2.05, 4.69) is 0 Å². The number of rotatable bonds is 0. The van der Waals surface area contributed by atoms with Crippen LogP contribution in [0.4, 0.5) is 0 Å². The Morgan fingerprint density at radius 3 is 2.50 bits per heavy atom. The second-order valence-corrected chi connectivity index (χ2v) is 13.1. The normalized spacial score (nSPS) is 58.1. The number of aliphatic hydroxyl groups excluding tert-OH is 1. The molecule has 10 nitrogen and oxygen atoms in total. The molecular weight excluding hydrogens is 496 g/mol. The molecule has 0 radical (unpaired) electrons. The van der Waals surface area contributed by atoms with Crippen LogP contribution in [0.1, 0.15) is 53.4 Å². The van der Waals surface area contributed by atoms with Gasteiger partial charge in [-0.05, 0) is 56.9 Å². The van der Waals surface area contributed by atoms with Crippen LogP contribution in [-0.2, 0) is 33.4 Å². The molecule has 4 bridgehead atoms. The van der Waals surface area contributed by atoms with Gasteiger partial charge in [-0.3, -0.25) is 14.4 Å². The van der Waals surface area contributed by atoms with E-state index in [0.717, 1.165) is 0 Å². The van der Waals surface area contributed by atoms with E-state index in [0.29, 0.717) is 12.0 Å². The van der Waals surface area contributed by atoms with Gasteiger partial charge in [-0.2, -0.15) is 0 Å². The lowest BCUT2D eigenvalue weighted by Gasteiger charge is -2.61. The first-order chi connectivity index (χ1) is 17.6. The van der Waals surface area contributed by atoms with E-state index < -0.39 is 87.0 Å². The molecule has 1 spiro atoms. The summed E-state index contributed by atoms with van der Waals surface area (Å²) >= 11 is 0. The van der Waals surface area contributed by atoms with Crippen molar-refractivity contribution in [2.24, 2.45) is 34.5 Å². The Morgan fingerprint density at radius 2 is 1.79 bits per heavy atom. The average molecular weight is 529 g/mol. The molecule has 7 aliphatic rings. The summed E-state index contributed by atoms with van der Waals surface area (Å²) in [6.07, 6.45) is 2.66. The summed E-state index contributed by atoms with van der Waals surface area (Å²) in [7, 11) is 0. The van der Waals surface area contributed by atoms with Gasteiger partial charge in [0.25, 0.3) is 0 Å². The van der Waals surface area contributed by atoms with Crippen LogP contribution in [0, 0.1) is 34.5 Å². The molecule has 1 saturated carbocycles. The molecule has 4 heterocycles. The van der Waals surface area contributed by atoms with Gasteiger partial charge in [0.2, 0.25) is 5.79 Å². The minimum atomic E-state index is -2.67. The van der Waals surface area contributed by atoms with Gasteiger partial charge in [0.15, 0.2) is 28.4 Å². The maximum absolute atomic E-state index is 14.6. The van der Waals surface area contributed by atoms with E-state index in [4.69, 9.17) is 14.2 Å². The lowest BCUT2D eigenvalue weighted by atomic mass is 9.46. The van der Waals surface area contributed by atoms with E-state index in [1.165, 1.54) is 19.1 Å². The number of aliphatic hydroxyl groups is 3. The smallest absolute Gasteiger partial charge is 0.342 e. The van der Waals surface area contributed by atoms with Crippen molar-refractivity contribution < 1.29 is 48.7 Å². The van der Waals surface area contributed by atoms with Crippen LogP contribution in [0.5, 0.6) is 0 Å². The first-order valence-corrected chi connectivity index (χ1v) is 13.4. The van der Waals surface area contributed by atoms with Crippen LogP contribution in [0.3, 0.4) is 0 Å². The third-order valence-corrected chi connectivity index (χ3v) is 11.8. The summed E-state index contributed by atoms with van der Waals surface area (Å²) in [6.45, 7) is 6.53. The highest BCUT2D eigenvalue weighted by Gasteiger charge is 2.92. The van der Waals surface area contributed by atoms with Crippen LogP contribution in [0.15, 0.2) is 23.8 Å². The lowest BCUT2D eigenvalue weighted by Crippen LogP contribution is -2.78. The summed E-state index contributed by atoms with van der Waals surface area (Å²) in [6, 6.07) is 0. The second-order valence-electron chi connectivity index (χ2n) is 13.1. The minimum Gasteiger partial charge on any atom is -0.458 e. The number of ketones is 2. The van der Waals surface area contributed by atoms with E-state index in [1.54, 1.807) is 26.8 Å². The third kappa shape index (κ3) is 2.19. The van der Waals surface area contributed by atoms with Crippen molar-refractivity contribution in [3.05, 3.63) is 23.8 Å². The number of fused-ring (bicyclic) bond motifs is 9. The minimum absolute atomic E-state index is 0.0287. The summed E-state index contributed by atoms with van der Waals surface area (Å²) in [5.41, 5.74) is -7.93. The fourth-order valence-corrected chi connectivity index (χ4v) is 9.51. The number of allylic oxidation sites excluding steroid dienone is 3. The molecule has 4 aliphatic heterocycles. The highest BCUT2D eigenvalue weighted by atomic mass is 16.7. The molecule has 4 saturated heterocycles. The summed E-state index contributed by atoms with van der Waals surface area (Å²) in [5, 5.41) is 36.1. The highest BCUT2D eigenvalue weighted by Crippen LogP contribution is 2.73. The predicted octanol–water partition coefficient (Wildman–Crippen LogP) is 0.510. The zero-order chi connectivity index (χ0) is 27.4. The topological polar surface area (TPSA) is 157 Å². The quantitative estimate of drug-likeness (QED) is 0.299. The van der Waals surface area contributed by atoms with Crippen molar-refractivity contribution in [2.75, 3.05) is 0 Å². The van der Waals surface area contributed by atoms with Gasteiger partial charge in [0.05, 0.1) is 29.3 Å². The largest absolute Gasteiger partial charge is 0.458 e. The number of hydrogen-bond acceptors (Lipinski definition) is 10. The molecule has 0 unspecified atom stereocenters. The molecule has 5 fully saturated rings. The first kappa shape index (κ1) is 24.6. The molecule has 12 atom stereocenters. The molecule has 3 N–H and O–H groups in total. The molecule has 0 aromatic heterocycles. The fourth-order valence-electron chi connectivity index (χ4n) is 9.51. The first-order valence-electron chi connectivity index (χ1n) is 13.4. The number of esters is 2. The SMILES string of the molecule is C[C@@H]1C(=O)O[C@@H]2C[C@@]1(C)[C@@H]1C(=O)[C@@]3(O)O[C@]14[C@@]2(C)OC(=O)[C@@]4(O)CC[C@H]1[C@H]3[C@H](O)C=C2CC=CC(=O)[C@@]21C. The standard InChI is InChI=1S/C28H32O10/c1-12-21(32)36-17-11-23(12,2)19-20(31)27(35)18-14(24(3)13(10-15(18)29)6-5-7-16(24)30)8-9-26(34)22(33)37-25(17,4)28(19,26)38-27/h5,7,10,12,14-15,17-19,29,34-35H,6,8-9,11H2,1-4H3/t12-,14+,15-,17-,18+,19+,23-,24+,25+,26+,27+,28+/m1/s1. The molecular formula is C28H32O10. The number of hydrogen-bond donors (Lipinski definition) is 3. The van der Waals surface area contributed by atoms with E-state index in [1.807, 2.05) is 0 Å². The Balaban J connectivity index is 1.52. The Labute approximate surface area is 219 Å². The monoisotopic (exact) mass is 528 g/mol. The molecule has 3 aliphatic carbocycles. The van der Waals surface area contributed by atoms with Gasteiger partial charge < -0.3 is 29.5 Å². The van der Waals surface area contributed by atoms with Crippen molar-refractivity contribution in [1.29, 1.82) is 0 Å². The van der Waals surface area contributed by atoms with Crippen LogP contribution in [0.2, 0.25) is 0 Å². The average Bonchev–Trinajstić information content (AvgIpc) is 3.19. The fraction of sp³-hybridized carbons (Fsp3) is 0.714. The summed E-state index contributed by atoms with van der Waals surface area (Å²) in [5.74, 6) is -9.59. The number of carbonyl (C=O) groups is 4. The van der Waals surface area contributed by atoms with Crippen molar-refractivity contribution in [3.63, 3.8) is 0 Å². The van der Waals surface area contributed by atoms with E-state index >= 15 is 0 Å². The second kappa shape index (κ2) is 6.66. The molecule has 10 heteroatoms. The number of ether oxygens (including phenoxy) is 3. The molecule has 38 heavy (non-hydrogen) atoms. The molecule has 204 valence electrons. The third-order valence-electron chi connectivity index (χ3n) is 11.8. The number of Topliss-reactive ketones (excluding diaryl/α,β-unsaturated/α-hetero) is 1. The van der Waals surface area contributed by atoms with Crippen molar-refractivity contribution in [1.82, 2.24) is 0 Å². The molecule has 0 aromatic carbocycles. The zero-order valence-electron chi connectivity index (χ0n) is 21.7. The highest BCUT2D eigenvalue weighted by molar-refractivity contribution is 6.01. The van der Waals surface area contributed by atoms with Crippen molar-refractivity contribution in [2.45, 2.75) is 88.2 Å².